The van der Waals surface area contributed by atoms with E-state index in [1.165, 1.54) is 39.5 Å². The zero-order chi connectivity index (χ0) is 22.2. The van der Waals surface area contributed by atoms with Gasteiger partial charge in [0.25, 0.3) is 5.69 Å². The van der Waals surface area contributed by atoms with Crippen molar-refractivity contribution < 1.29 is 17.7 Å². The number of nitro groups is 1. The molecule has 0 saturated carbocycles. The van der Waals surface area contributed by atoms with Gasteiger partial charge in [-0.2, -0.15) is 4.31 Å². The summed E-state index contributed by atoms with van der Waals surface area (Å²) in [7, 11) is -1.93. The number of likely N-dealkylation sites (N-methyl/N-ethyl adjacent to an activating group) is 1. The van der Waals surface area contributed by atoms with Gasteiger partial charge in [0.05, 0.1) is 15.5 Å². The molecule has 2 heterocycles. The SMILES string of the molecule is CN1CCN(S(=O)(=O)c2ccc(-n3cnc(-c4ccc(F)cc4)c3)c([N+](=O)[O-])c2)CC1. The highest BCUT2D eigenvalue weighted by molar-refractivity contribution is 7.89. The molecule has 4 rings (SSSR count). The lowest BCUT2D eigenvalue weighted by molar-refractivity contribution is -0.384. The van der Waals surface area contributed by atoms with Crippen LogP contribution < -0.4 is 0 Å². The van der Waals surface area contributed by atoms with Crippen molar-refractivity contribution in [1.82, 2.24) is 18.8 Å². The maximum Gasteiger partial charge on any atom is 0.294 e. The highest BCUT2D eigenvalue weighted by Gasteiger charge is 2.30. The van der Waals surface area contributed by atoms with Crippen LogP contribution in [-0.2, 0) is 10.0 Å². The molecule has 1 fully saturated rings. The molecule has 0 N–H and O–H groups in total. The first kappa shape index (κ1) is 21.1. The normalized spacial score (nSPS) is 15.8. The van der Waals surface area contributed by atoms with E-state index in [4.69, 9.17) is 0 Å². The minimum atomic E-state index is -3.84. The van der Waals surface area contributed by atoms with Crippen molar-refractivity contribution in [3.05, 3.63) is 70.9 Å². The van der Waals surface area contributed by atoms with Gasteiger partial charge < -0.3 is 4.90 Å². The summed E-state index contributed by atoms with van der Waals surface area (Å²) in [5.41, 5.74) is 0.988. The highest BCUT2D eigenvalue weighted by Crippen LogP contribution is 2.29. The first-order valence-electron chi connectivity index (χ1n) is 9.53. The monoisotopic (exact) mass is 445 g/mol. The van der Waals surface area contributed by atoms with Gasteiger partial charge in [-0.05, 0) is 43.4 Å². The molecule has 0 aliphatic carbocycles. The van der Waals surface area contributed by atoms with Crippen molar-refractivity contribution in [3.8, 4) is 16.9 Å². The molecule has 3 aromatic rings. The van der Waals surface area contributed by atoms with E-state index in [2.05, 4.69) is 4.98 Å². The number of piperazine rings is 1. The number of rotatable bonds is 5. The van der Waals surface area contributed by atoms with Crippen molar-refractivity contribution in [2.24, 2.45) is 0 Å². The second-order valence-electron chi connectivity index (χ2n) is 7.29. The molecule has 0 radical (unpaired) electrons. The number of halogens is 1. The Hall–Kier alpha value is -3.15. The largest absolute Gasteiger partial charge is 0.304 e. The van der Waals surface area contributed by atoms with Crippen LogP contribution in [0.25, 0.3) is 16.9 Å². The van der Waals surface area contributed by atoms with Crippen LogP contribution in [0.5, 0.6) is 0 Å². The Morgan fingerprint density at radius 3 is 2.39 bits per heavy atom. The topological polar surface area (TPSA) is 102 Å². The predicted octanol–water partition coefficient (Wildman–Crippen LogP) is 2.52. The van der Waals surface area contributed by atoms with Gasteiger partial charge in [-0.1, -0.05) is 0 Å². The number of benzene rings is 2. The quantitative estimate of drug-likeness (QED) is 0.442. The smallest absolute Gasteiger partial charge is 0.294 e. The van der Waals surface area contributed by atoms with E-state index in [-0.39, 0.29) is 22.1 Å². The highest BCUT2D eigenvalue weighted by atomic mass is 32.2. The maximum atomic E-state index is 13.1. The summed E-state index contributed by atoms with van der Waals surface area (Å²) in [6.45, 7) is 1.86. The van der Waals surface area contributed by atoms with Crippen molar-refractivity contribution in [2.75, 3.05) is 33.2 Å². The second-order valence-corrected chi connectivity index (χ2v) is 9.23. The summed E-state index contributed by atoms with van der Waals surface area (Å²) < 4.78 is 41.9. The van der Waals surface area contributed by atoms with Crippen molar-refractivity contribution in [2.45, 2.75) is 4.90 Å². The zero-order valence-corrected chi connectivity index (χ0v) is 17.5. The maximum absolute atomic E-state index is 13.1. The van der Waals surface area contributed by atoms with E-state index in [1.807, 2.05) is 11.9 Å². The van der Waals surface area contributed by atoms with E-state index in [9.17, 15) is 22.9 Å². The van der Waals surface area contributed by atoms with E-state index in [0.29, 0.717) is 37.4 Å². The summed E-state index contributed by atoms with van der Waals surface area (Å²) in [6.07, 6.45) is 2.97. The van der Waals surface area contributed by atoms with Crippen LogP contribution in [-0.4, -0.2) is 65.3 Å². The third kappa shape index (κ3) is 4.20. The zero-order valence-electron chi connectivity index (χ0n) is 16.7. The minimum Gasteiger partial charge on any atom is -0.304 e. The van der Waals surface area contributed by atoms with Crippen molar-refractivity contribution in [3.63, 3.8) is 0 Å². The number of nitrogens with zero attached hydrogens (tertiary/aromatic N) is 5. The fourth-order valence-corrected chi connectivity index (χ4v) is 4.87. The van der Waals surface area contributed by atoms with Crippen LogP contribution in [0.2, 0.25) is 0 Å². The lowest BCUT2D eigenvalue weighted by atomic mass is 10.2. The predicted molar refractivity (Wildman–Crippen MR) is 112 cm³/mol. The fraction of sp³-hybridized carbons (Fsp3) is 0.250. The van der Waals surface area contributed by atoms with Crippen molar-refractivity contribution >= 4 is 15.7 Å². The molecule has 162 valence electrons. The Morgan fingerprint density at radius 1 is 1.06 bits per heavy atom. The Labute approximate surface area is 178 Å². The molecular formula is C20H20FN5O4S. The lowest BCUT2D eigenvalue weighted by Gasteiger charge is -2.31. The van der Waals surface area contributed by atoms with E-state index >= 15 is 0 Å². The first-order valence-corrected chi connectivity index (χ1v) is 11.0. The van der Waals surface area contributed by atoms with Gasteiger partial charge in [-0.3, -0.25) is 14.7 Å². The molecule has 1 aromatic heterocycles. The van der Waals surface area contributed by atoms with Crippen LogP contribution >= 0.6 is 0 Å². The molecule has 1 aliphatic rings. The van der Waals surface area contributed by atoms with Gasteiger partial charge in [-0.25, -0.2) is 17.8 Å². The van der Waals surface area contributed by atoms with Crippen LogP contribution in [0.1, 0.15) is 0 Å². The number of hydrogen-bond acceptors (Lipinski definition) is 6. The molecule has 2 aromatic carbocycles. The Morgan fingerprint density at radius 2 is 1.74 bits per heavy atom. The number of imidazole rings is 1. The van der Waals surface area contributed by atoms with E-state index in [0.717, 1.165) is 6.07 Å². The minimum absolute atomic E-state index is 0.119. The average Bonchev–Trinajstić information content (AvgIpc) is 3.24. The number of nitro benzene ring substituents is 1. The lowest BCUT2D eigenvalue weighted by Crippen LogP contribution is -2.47. The fourth-order valence-electron chi connectivity index (χ4n) is 3.43. The van der Waals surface area contributed by atoms with Gasteiger partial charge in [0, 0.05) is 44.0 Å². The molecule has 31 heavy (non-hydrogen) atoms. The van der Waals surface area contributed by atoms with Crippen molar-refractivity contribution in [1.29, 1.82) is 0 Å². The molecule has 9 nitrogen and oxygen atoms in total. The Balaban J connectivity index is 1.69. The summed E-state index contributed by atoms with van der Waals surface area (Å²) in [6, 6.07) is 9.57. The molecule has 1 aliphatic heterocycles. The van der Waals surface area contributed by atoms with Gasteiger partial charge in [-0.15, -0.1) is 0 Å². The first-order chi connectivity index (χ1) is 14.8. The molecular weight excluding hydrogens is 425 g/mol. The Bertz CT molecular complexity index is 1220. The molecule has 1 saturated heterocycles. The van der Waals surface area contributed by atoms with E-state index < -0.39 is 14.9 Å². The van der Waals surface area contributed by atoms with Gasteiger partial charge in [0.1, 0.15) is 17.8 Å². The number of aromatic nitrogens is 2. The second kappa shape index (κ2) is 8.17. The van der Waals surface area contributed by atoms with Gasteiger partial charge in [0.15, 0.2) is 0 Å². The third-order valence-corrected chi connectivity index (χ3v) is 7.14. The van der Waals surface area contributed by atoms with Crippen LogP contribution in [0.3, 0.4) is 0 Å². The summed E-state index contributed by atoms with van der Waals surface area (Å²) in [5, 5.41) is 11.7. The summed E-state index contributed by atoms with van der Waals surface area (Å²) in [5.74, 6) is -0.379. The molecule has 11 heteroatoms. The van der Waals surface area contributed by atoms with E-state index in [1.54, 1.807) is 18.3 Å². The van der Waals surface area contributed by atoms with Crippen LogP contribution in [0.15, 0.2) is 59.9 Å². The molecule has 0 unspecified atom stereocenters. The standard InChI is InChI=1S/C20H20FN5O4S/c1-23-8-10-25(11-9-23)31(29,30)17-6-7-19(20(12-17)26(27)28)24-13-18(22-14-24)15-2-4-16(21)5-3-15/h2-7,12-14H,8-11H2,1H3. The summed E-state index contributed by atoms with van der Waals surface area (Å²) in [4.78, 5) is 17.2. The molecule has 0 bridgehead atoms. The third-order valence-electron chi connectivity index (χ3n) is 5.24. The summed E-state index contributed by atoms with van der Waals surface area (Å²) >= 11 is 0. The van der Waals surface area contributed by atoms with Crippen LogP contribution in [0.4, 0.5) is 10.1 Å². The molecule has 0 amide bonds. The van der Waals surface area contributed by atoms with Crippen LogP contribution in [0, 0.1) is 15.9 Å². The number of hydrogen-bond donors (Lipinski definition) is 0. The molecule has 0 atom stereocenters. The van der Waals surface area contributed by atoms with Gasteiger partial charge >= 0.3 is 0 Å². The molecule has 0 spiro atoms. The van der Waals surface area contributed by atoms with Gasteiger partial charge in [0.2, 0.25) is 10.0 Å². The average molecular weight is 445 g/mol. The number of sulfonamides is 1. The Kier molecular flexibility index (Phi) is 5.56.